The van der Waals surface area contributed by atoms with Gasteiger partial charge in [0.15, 0.2) is 0 Å². The number of hydrogen-bond acceptors (Lipinski definition) is 2. The molecule has 0 spiro atoms. The second-order valence-electron chi connectivity index (χ2n) is 4.68. The summed E-state index contributed by atoms with van der Waals surface area (Å²) in [6.07, 6.45) is 10.4. The first-order valence-corrected chi connectivity index (χ1v) is 6.33. The van der Waals surface area contributed by atoms with Crippen LogP contribution in [0.15, 0.2) is 0 Å². The maximum Gasteiger partial charge on any atom is 0.133 e. The zero-order valence-corrected chi connectivity index (χ0v) is 9.96. The zero-order chi connectivity index (χ0) is 10.9. The van der Waals surface area contributed by atoms with Crippen LogP contribution in [-0.4, -0.2) is 19.5 Å². The van der Waals surface area contributed by atoms with Crippen LogP contribution in [-0.2, 0) is 9.53 Å². The van der Waals surface area contributed by atoms with Crippen LogP contribution in [0.25, 0.3) is 0 Å². The molecular weight excluding hydrogens is 188 g/mol. The summed E-state index contributed by atoms with van der Waals surface area (Å²) in [6, 6.07) is 0. The Morgan fingerprint density at radius 2 is 1.93 bits per heavy atom. The van der Waals surface area contributed by atoms with Crippen LogP contribution in [0.1, 0.15) is 57.8 Å². The molecule has 0 atom stereocenters. The molecule has 1 saturated carbocycles. The Balaban J connectivity index is 2.00. The van der Waals surface area contributed by atoms with Crippen LogP contribution in [0, 0.1) is 5.92 Å². The summed E-state index contributed by atoms with van der Waals surface area (Å²) < 4.78 is 4.93. The molecule has 0 bridgehead atoms. The zero-order valence-electron chi connectivity index (χ0n) is 9.96. The number of carbonyl (C=O) groups excluding carboxylic acids is 1. The highest BCUT2D eigenvalue weighted by Gasteiger charge is 2.14. The van der Waals surface area contributed by atoms with Gasteiger partial charge in [-0.25, -0.2) is 0 Å². The van der Waals surface area contributed by atoms with E-state index in [9.17, 15) is 4.79 Å². The molecule has 2 heteroatoms. The summed E-state index contributed by atoms with van der Waals surface area (Å²) in [4.78, 5) is 11.5. The average molecular weight is 212 g/mol. The fourth-order valence-corrected chi connectivity index (χ4v) is 2.38. The molecule has 0 aromatic carbocycles. The molecule has 2 nitrogen and oxygen atoms in total. The molecule has 1 aliphatic carbocycles. The van der Waals surface area contributed by atoms with Gasteiger partial charge in [-0.1, -0.05) is 32.1 Å². The van der Waals surface area contributed by atoms with E-state index in [1.165, 1.54) is 32.1 Å². The Labute approximate surface area is 93.4 Å². The van der Waals surface area contributed by atoms with Gasteiger partial charge in [0.25, 0.3) is 0 Å². The van der Waals surface area contributed by atoms with Gasteiger partial charge in [-0.05, 0) is 18.8 Å². The van der Waals surface area contributed by atoms with Gasteiger partial charge < -0.3 is 4.74 Å². The minimum atomic E-state index is 0.428. The molecule has 1 aliphatic rings. The first-order chi connectivity index (χ1) is 7.33. The Kier molecular flexibility index (Phi) is 6.66. The van der Waals surface area contributed by atoms with Gasteiger partial charge in [-0.2, -0.15) is 0 Å². The third kappa shape index (κ3) is 5.93. The fraction of sp³-hybridized carbons (Fsp3) is 0.923. The van der Waals surface area contributed by atoms with Gasteiger partial charge in [0.2, 0.25) is 0 Å². The minimum absolute atomic E-state index is 0.428. The van der Waals surface area contributed by atoms with Crippen molar-refractivity contribution >= 4 is 5.78 Å². The van der Waals surface area contributed by atoms with Crippen LogP contribution in [0.2, 0.25) is 0 Å². The van der Waals surface area contributed by atoms with Gasteiger partial charge >= 0.3 is 0 Å². The molecule has 0 saturated heterocycles. The lowest BCUT2D eigenvalue weighted by Gasteiger charge is -2.20. The quantitative estimate of drug-likeness (QED) is 0.605. The van der Waals surface area contributed by atoms with E-state index in [0.717, 1.165) is 31.8 Å². The van der Waals surface area contributed by atoms with Gasteiger partial charge in [0.05, 0.1) is 0 Å². The van der Waals surface area contributed by atoms with Crippen molar-refractivity contribution in [3.8, 4) is 0 Å². The van der Waals surface area contributed by atoms with Crippen molar-refractivity contribution in [3.63, 3.8) is 0 Å². The lowest BCUT2D eigenvalue weighted by atomic mass is 9.85. The largest absolute Gasteiger partial charge is 0.385 e. The monoisotopic (exact) mass is 212 g/mol. The van der Waals surface area contributed by atoms with Crippen molar-refractivity contribution in [2.45, 2.75) is 57.8 Å². The maximum atomic E-state index is 11.5. The molecule has 0 N–H and O–H groups in total. The molecule has 0 heterocycles. The summed E-state index contributed by atoms with van der Waals surface area (Å²) >= 11 is 0. The topological polar surface area (TPSA) is 26.3 Å². The summed E-state index contributed by atoms with van der Waals surface area (Å²) in [7, 11) is 1.69. The first-order valence-electron chi connectivity index (χ1n) is 6.33. The Morgan fingerprint density at radius 3 is 2.60 bits per heavy atom. The van der Waals surface area contributed by atoms with Crippen LogP contribution in [0.4, 0.5) is 0 Å². The summed E-state index contributed by atoms with van der Waals surface area (Å²) in [5.41, 5.74) is 0. The highest BCUT2D eigenvalue weighted by Crippen LogP contribution is 2.27. The fourth-order valence-electron chi connectivity index (χ4n) is 2.38. The van der Waals surface area contributed by atoms with Crippen molar-refractivity contribution in [3.05, 3.63) is 0 Å². The van der Waals surface area contributed by atoms with E-state index in [4.69, 9.17) is 4.74 Å². The SMILES string of the molecule is COCCCC(=O)CCC1CCCCC1. The first kappa shape index (κ1) is 12.7. The highest BCUT2D eigenvalue weighted by molar-refractivity contribution is 5.78. The molecule has 15 heavy (non-hydrogen) atoms. The van der Waals surface area contributed by atoms with E-state index in [1.807, 2.05) is 0 Å². The standard InChI is InChI=1S/C13H24O2/c1-15-11-5-8-13(14)10-9-12-6-3-2-4-7-12/h12H,2-11H2,1H3. The number of ether oxygens (including phenoxy) is 1. The smallest absolute Gasteiger partial charge is 0.133 e. The number of methoxy groups -OCH3 is 1. The summed E-state index contributed by atoms with van der Waals surface area (Å²) in [5, 5.41) is 0. The van der Waals surface area contributed by atoms with Crippen LogP contribution in [0.3, 0.4) is 0 Å². The molecule has 0 amide bonds. The Bertz CT molecular complexity index is 171. The van der Waals surface area contributed by atoms with Gasteiger partial charge in [0, 0.05) is 26.6 Å². The predicted molar refractivity (Wildman–Crippen MR) is 61.9 cm³/mol. The van der Waals surface area contributed by atoms with Gasteiger partial charge in [0.1, 0.15) is 5.78 Å². The van der Waals surface area contributed by atoms with E-state index in [2.05, 4.69) is 0 Å². The molecule has 0 radical (unpaired) electrons. The normalized spacial score (nSPS) is 17.9. The van der Waals surface area contributed by atoms with Crippen LogP contribution >= 0.6 is 0 Å². The second-order valence-corrected chi connectivity index (χ2v) is 4.68. The molecule has 0 aliphatic heterocycles. The third-order valence-electron chi connectivity index (χ3n) is 3.36. The lowest BCUT2D eigenvalue weighted by Crippen LogP contribution is -2.09. The summed E-state index contributed by atoms with van der Waals surface area (Å²) in [6.45, 7) is 0.717. The Morgan fingerprint density at radius 1 is 1.20 bits per heavy atom. The average Bonchev–Trinajstić information content (AvgIpc) is 2.28. The second kappa shape index (κ2) is 7.86. The molecule has 88 valence electrons. The number of rotatable bonds is 7. The van der Waals surface area contributed by atoms with Crippen molar-refractivity contribution in [2.75, 3.05) is 13.7 Å². The van der Waals surface area contributed by atoms with E-state index >= 15 is 0 Å². The minimum Gasteiger partial charge on any atom is -0.385 e. The highest BCUT2D eigenvalue weighted by atomic mass is 16.5. The summed E-state index contributed by atoms with van der Waals surface area (Å²) in [5.74, 6) is 1.27. The molecule has 0 aromatic heterocycles. The third-order valence-corrected chi connectivity index (χ3v) is 3.36. The van der Waals surface area contributed by atoms with Crippen molar-refractivity contribution < 1.29 is 9.53 Å². The van der Waals surface area contributed by atoms with Gasteiger partial charge in [-0.15, -0.1) is 0 Å². The number of ketones is 1. The van der Waals surface area contributed by atoms with Crippen LogP contribution in [0.5, 0.6) is 0 Å². The molecule has 0 aromatic rings. The molecule has 0 unspecified atom stereocenters. The van der Waals surface area contributed by atoms with E-state index in [1.54, 1.807) is 7.11 Å². The van der Waals surface area contributed by atoms with Crippen LogP contribution < -0.4 is 0 Å². The number of Topliss-reactive ketones (excluding diaryl/α,β-unsaturated/α-hetero) is 1. The molecular formula is C13H24O2. The van der Waals surface area contributed by atoms with Gasteiger partial charge in [-0.3, -0.25) is 4.79 Å². The van der Waals surface area contributed by atoms with Crippen molar-refractivity contribution in [1.82, 2.24) is 0 Å². The van der Waals surface area contributed by atoms with Crippen molar-refractivity contribution in [1.29, 1.82) is 0 Å². The molecule has 1 rings (SSSR count). The maximum absolute atomic E-state index is 11.5. The van der Waals surface area contributed by atoms with E-state index in [-0.39, 0.29) is 0 Å². The lowest BCUT2D eigenvalue weighted by molar-refractivity contribution is -0.119. The van der Waals surface area contributed by atoms with E-state index in [0.29, 0.717) is 12.2 Å². The molecule has 1 fully saturated rings. The van der Waals surface area contributed by atoms with E-state index < -0.39 is 0 Å². The number of hydrogen-bond donors (Lipinski definition) is 0. The Hall–Kier alpha value is -0.370. The van der Waals surface area contributed by atoms with Crippen molar-refractivity contribution in [2.24, 2.45) is 5.92 Å². The predicted octanol–water partition coefficient (Wildman–Crippen LogP) is 3.34. The number of carbonyl (C=O) groups is 1.